The van der Waals surface area contributed by atoms with Crippen molar-refractivity contribution in [3.05, 3.63) is 83.4 Å². The molecule has 0 aromatic heterocycles. The molecule has 4 rings (SSSR count). The number of halogens is 3. The number of nitrogens with one attached hydrogen (secondary N) is 2. The van der Waals surface area contributed by atoms with Gasteiger partial charge in [-0.05, 0) is 94.6 Å². The lowest BCUT2D eigenvalue weighted by atomic mass is 10.0. The number of hydrogen-bond donors (Lipinski definition) is 3. The first kappa shape index (κ1) is 40.4. The van der Waals surface area contributed by atoms with Crippen LogP contribution >= 0.6 is 0 Å². The van der Waals surface area contributed by atoms with E-state index in [1.807, 2.05) is 20.8 Å². The van der Waals surface area contributed by atoms with Crippen molar-refractivity contribution in [2.75, 3.05) is 43.4 Å². The van der Waals surface area contributed by atoms with E-state index >= 15 is 0 Å². The Kier molecular flexibility index (Phi) is 13.6. The van der Waals surface area contributed by atoms with Crippen LogP contribution in [-0.4, -0.2) is 86.9 Å². The van der Waals surface area contributed by atoms with Crippen molar-refractivity contribution < 1.29 is 45.8 Å². The van der Waals surface area contributed by atoms with Crippen molar-refractivity contribution in [2.24, 2.45) is 5.92 Å². The van der Waals surface area contributed by atoms with E-state index in [0.717, 1.165) is 24.1 Å². The Bertz CT molecular complexity index is 1770. The number of fused-ring (bicyclic) bond motifs is 1. The molecule has 0 aliphatic carbocycles. The first-order valence-corrected chi connectivity index (χ1v) is 18.6. The highest BCUT2D eigenvalue weighted by Gasteiger charge is 2.32. The topological polar surface area (TPSA) is 138 Å². The summed E-state index contributed by atoms with van der Waals surface area (Å²) in [5.41, 5.74) is 0.506. The molecule has 1 aliphatic rings. The zero-order chi connectivity index (χ0) is 38.2. The van der Waals surface area contributed by atoms with E-state index in [9.17, 15) is 36.3 Å². The summed E-state index contributed by atoms with van der Waals surface area (Å²) in [6, 6.07) is 13.8. The van der Waals surface area contributed by atoms with Crippen LogP contribution in [0.5, 0.6) is 5.75 Å². The van der Waals surface area contributed by atoms with E-state index in [4.69, 9.17) is 9.47 Å². The average molecular weight is 749 g/mol. The molecule has 4 atom stereocenters. The van der Waals surface area contributed by atoms with Crippen LogP contribution in [0.3, 0.4) is 0 Å². The molecule has 3 aromatic rings. The Hall–Kier alpha value is -4.34. The van der Waals surface area contributed by atoms with Gasteiger partial charge in [-0.25, -0.2) is 13.2 Å². The van der Waals surface area contributed by atoms with Crippen LogP contribution < -0.4 is 14.8 Å². The van der Waals surface area contributed by atoms with Crippen molar-refractivity contribution >= 4 is 33.3 Å². The Balaban J connectivity index is 1.59. The molecule has 0 saturated carbocycles. The number of anilines is 2. The Morgan fingerprint density at radius 2 is 1.69 bits per heavy atom. The van der Waals surface area contributed by atoms with Gasteiger partial charge in [-0.2, -0.15) is 13.2 Å². The SMILES string of the molecule is Cc1ccc(S(=O)(=O)Nc2ccc3c(c2)C(=O)N([C@H](C)CO)C[C@@H](C)[C@H](CN(C)C(=O)Nc2ccc(C(F)(F)F)cc2)OCCCC[C@H](C)O3)cc1. The molecule has 0 spiro atoms. The van der Waals surface area contributed by atoms with E-state index in [0.29, 0.717) is 19.4 Å². The van der Waals surface area contributed by atoms with Gasteiger partial charge < -0.3 is 29.7 Å². The fraction of sp³-hybridized carbons (Fsp3) is 0.459. The first-order chi connectivity index (χ1) is 24.5. The minimum absolute atomic E-state index is 0.0581. The Morgan fingerprint density at radius 1 is 1.04 bits per heavy atom. The molecule has 11 nitrogen and oxygen atoms in total. The number of nitrogens with zero attached hydrogens (tertiary/aromatic N) is 2. The number of amides is 3. The minimum Gasteiger partial charge on any atom is -0.490 e. The molecule has 15 heteroatoms. The molecule has 1 aliphatic heterocycles. The van der Waals surface area contributed by atoms with Gasteiger partial charge in [0.05, 0.1) is 40.9 Å². The monoisotopic (exact) mass is 748 g/mol. The number of alkyl halides is 3. The summed E-state index contributed by atoms with van der Waals surface area (Å²) in [4.78, 5) is 30.4. The third-order valence-electron chi connectivity index (χ3n) is 8.90. The van der Waals surface area contributed by atoms with Gasteiger partial charge in [0.25, 0.3) is 15.9 Å². The number of carbonyl (C=O) groups is 2. The van der Waals surface area contributed by atoms with Gasteiger partial charge >= 0.3 is 12.2 Å². The van der Waals surface area contributed by atoms with Gasteiger partial charge in [0.15, 0.2) is 0 Å². The van der Waals surface area contributed by atoms with Gasteiger partial charge in [-0.3, -0.25) is 9.52 Å². The van der Waals surface area contributed by atoms with Crippen LogP contribution in [0.25, 0.3) is 0 Å². The van der Waals surface area contributed by atoms with Gasteiger partial charge in [0.1, 0.15) is 5.75 Å². The number of aliphatic hydroxyl groups is 1. The third kappa shape index (κ3) is 10.8. The fourth-order valence-electron chi connectivity index (χ4n) is 5.69. The van der Waals surface area contributed by atoms with Gasteiger partial charge in [0, 0.05) is 44.0 Å². The minimum atomic E-state index is -4.50. The highest BCUT2D eigenvalue weighted by atomic mass is 32.2. The number of sulfonamides is 1. The van der Waals surface area contributed by atoms with Crippen molar-refractivity contribution in [1.29, 1.82) is 0 Å². The van der Waals surface area contributed by atoms with E-state index in [-0.39, 0.29) is 59.3 Å². The number of aliphatic hydroxyl groups excluding tert-OH is 1. The van der Waals surface area contributed by atoms with Crippen LogP contribution in [-0.2, 0) is 20.9 Å². The summed E-state index contributed by atoms with van der Waals surface area (Å²) in [6.07, 6.45) is -3.34. The van der Waals surface area contributed by atoms with Crippen LogP contribution in [0.4, 0.5) is 29.3 Å². The number of hydrogen-bond acceptors (Lipinski definition) is 7. The van der Waals surface area contributed by atoms with Crippen LogP contribution in [0.2, 0.25) is 0 Å². The van der Waals surface area contributed by atoms with E-state index in [1.165, 1.54) is 53.2 Å². The second kappa shape index (κ2) is 17.5. The smallest absolute Gasteiger partial charge is 0.416 e. The van der Waals surface area contributed by atoms with Gasteiger partial charge in [0.2, 0.25) is 0 Å². The third-order valence-corrected chi connectivity index (χ3v) is 10.3. The second-order valence-electron chi connectivity index (χ2n) is 13.3. The van der Waals surface area contributed by atoms with Crippen LogP contribution in [0.1, 0.15) is 61.5 Å². The molecule has 284 valence electrons. The number of aryl methyl sites for hydroxylation is 1. The van der Waals surface area contributed by atoms with Crippen molar-refractivity contribution in [3.8, 4) is 5.75 Å². The lowest BCUT2D eigenvalue weighted by Gasteiger charge is -2.35. The molecule has 52 heavy (non-hydrogen) atoms. The predicted octanol–water partition coefficient (Wildman–Crippen LogP) is 6.77. The van der Waals surface area contributed by atoms with Gasteiger partial charge in [-0.15, -0.1) is 0 Å². The summed E-state index contributed by atoms with van der Waals surface area (Å²) >= 11 is 0. The van der Waals surface area contributed by atoms with Crippen molar-refractivity contribution in [1.82, 2.24) is 9.80 Å². The maximum atomic E-state index is 14.4. The van der Waals surface area contributed by atoms with E-state index in [1.54, 1.807) is 25.1 Å². The van der Waals surface area contributed by atoms with Crippen molar-refractivity contribution in [3.63, 3.8) is 0 Å². The highest BCUT2D eigenvalue weighted by molar-refractivity contribution is 7.92. The number of likely N-dealkylation sites (N-methyl/N-ethyl adjacent to an activating group) is 1. The Morgan fingerprint density at radius 3 is 2.33 bits per heavy atom. The summed E-state index contributed by atoms with van der Waals surface area (Å²) in [7, 11) is -2.45. The second-order valence-corrected chi connectivity index (χ2v) is 15.0. The number of ether oxygens (including phenoxy) is 2. The summed E-state index contributed by atoms with van der Waals surface area (Å²) in [6.45, 7) is 7.43. The average Bonchev–Trinajstić information content (AvgIpc) is 3.09. The highest BCUT2D eigenvalue weighted by Crippen LogP contribution is 2.31. The molecule has 1 heterocycles. The molecule has 0 bridgehead atoms. The molecule has 0 fully saturated rings. The van der Waals surface area contributed by atoms with Crippen LogP contribution in [0.15, 0.2) is 71.6 Å². The molecule has 3 aromatic carbocycles. The summed E-state index contributed by atoms with van der Waals surface area (Å²) in [5, 5.41) is 12.8. The first-order valence-electron chi connectivity index (χ1n) is 17.1. The number of urea groups is 1. The zero-order valence-corrected chi connectivity index (χ0v) is 30.8. The number of rotatable bonds is 8. The quantitative estimate of drug-likeness (QED) is 0.231. The molecular formula is C37H47F3N4O7S. The van der Waals surface area contributed by atoms with E-state index in [2.05, 4.69) is 10.0 Å². The van der Waals surface area contributed by atoms with Gasteiger partial charge in [-0.1, -0.05) is 24.6 Å². The molecular weight excluding hydrogens is 701 g/mol. The predicted molar refractivity (Wildman–Crippen MR) is 192 cm³/mol. The van der Waals surface area contributed by atoms with Crippen LogP contribution in [0, 0.1) is 12.8 Å². The summed E-state index contributed by atoms with van der Waals surface area (Å²) < 4.78 is 80.5. The molecule has 0 radical (unpaired) electrons. The standard InChI is InChI=1S/C37H47F3N4O7S/c1-24-9-16-31(17-10-24)52(48,49)42-30-15-18-33-32(20-30)35(46)44(26(3)23-45)21-25(2)34(50-19-7-6-8-27(4)51-33)22-43(5)36(47)41-29-13-11-28(12-14-29)37(38,39)40/h9-18,20,25-27,34,42,45H,6-8,19,21-23H2,1-5H3,(H,41,47)/t25-,26-,27+,34+/m1/s1. The molecule has 3 N–H and O–H groups in total. The molecule has 0 unspecified atom stereocenters. The normalized spacial score (nSPS) is 19.8. The lowest BCUT2D eigenvalue weighted by molar-refractivity contribution is -0.137. The summed E-state index contributed by atoms with van der Waals surface area (Å²) in [5.74, 6) is -0.618. The zero-order valence-electron chi connectivity index (χ0n) is 29.9. The van der Waals surface area contributed by atoms with Crippen molar-refractivity contribution in [2.45, 2.75) is 76.3 Å². The number of benzene rings is 3. The lowest BCUT2D eigenvalue weighted by Crippen LogP contribution is -2.48. The maximum Gasteiger partial charge on any atom is 0.416 e. The molecule has 3 amide bonds. The Labute approximate surface area is 303 Å². The largest absolute Gasteiger partial charge is 0.490 e. The fourth-order valence-corrected chi connectivity index (χ4v) is 6.74. The number of carbonyl (C=O) groups excluding carboxylic acids is 2. The molecule has 0 saturated heterocycles. The maximum absolute atomic E-state index is 14.4. The van der Waals surface area contributed by atoms with E-state index < -0.39 is 45.8 Å².